The highest BCUT2D eigenvalue weighted by Crippen LogP contribution is 2.43. The SMILES string of the molecule is CCCCCC/C=C/C=C/CCCCCCCC(=O)O[C@H](COC(=O)CCC/C=C/C/C=C/C/C=C/CCCCCCCC)COP(=O)(O)OCCN. The second kappa shape index (κ2) is 39.4. The Balaban J connectivity index is 4.31. The van der Waals surface area contributed by atoms with Crippen LogP contribution in [0.5, 0.6) is 0 Å². The first-order valence-corrected chi connectivity index (χ1v) is 22.3. The van der Waals surface area contributed by atoms with E-state index in [0.717, 1.165) is 64.2 Å². The van der Waals surface area contributed by atoms with Gasteiger partial charge in [0.05, 0.1) is 13.2 Å². The maximum Gasteiger partial charge on any atom is 0.472 e. The van der Waals surface area contributed by atoms with Gasteiger partial charge in [-0.25, -0.2) is 4.57 Å². The van der Waals surface area contributed by atoms with Crippen molar-refractivity contribution in [3.05, 3.63) is 60.8 Å². The maximum absolute atomic E-state index is 12.5. The molecule has 0 fully saturated rings. The minimum absolute atomic E-state index is 0.0418. The molecule has 0 radical (unpaired) electrons. The second-order valence-corrected chi connectivity index (χ2v) is 15.0. The summed E-state index contributed by atoms with van der Waals surface area (Å²) < 4.78 is 32.6. The van der Waals surface area contributed by atoms with Crippen molar-refractivity contribution in [2.75, 3.05) is 26.4 Å². The highest BCUT2D eigenvalue weighted by atomic mass is 31.2. The van der Waals surface area contributed by atoms with Crippen LogP contribution in [0.2, 0.25) is 0 Å². The molecular weight excluding hydrogens is 689 g/mol. The Labute approximate surface area is 323 Å². The van der Waals surface area contributed by atoms with Crippen LogP contribution in [0.1, 0.15) is 168 Å². The first kappa shape index (κ1) is 50.7. The second-order valence-electron chi connectivity index (χ2n) is 13.5. The molecule has 2 atom stereocenters. The minimum Gasteiger partial charge on any atom is -0.462 e. The number of esters is 2. The van der Waals surface area contributed by atoms with Gasteiger partial charge >= 0.3 is 19.8 Å². The zero-order valence-electron chi connectivity index (χ0n) is 33.5. The number of phosphoric acid groups is 1. The summed E-state index contributed by atoms with van der Waals surface area (Å²) >= 11 is 0. The molecule has 0 amide bonds. The molecule has 10 heteroatoms. The van der Waals surface area contributed by atoms with Crippen LogP contribution in [-0.4, -0.2) is 49.3 Å². The van der Waals surface area contributed by atoms with Gasteiger partial charge in [0, 0.05) is 19.4 Å². The molecule has 0 aromatic heterocycles. The van der Waals surface area contributed by atoms with E-state index in [2.05, 4.69) is 74.6 Å². The molecule has 0 aliphatic heterocycles. The molecule has 9 nitrogen and oxygen atoms in total. The number of ether oxygens (including phenoxy) is 2. The number of carbonyl (C=O) groups excluding carboxylic acids is 2. The third-order valence-corrected chi connectivity index (χ3v) is 9.39. The molecule has 0 bridgehead atoms. The summed E-state index contributed by atoms with van der Waals surface area (Å²) in [4.78, 5) is 34.8. The molecule has 3 N–H and O–H groups in total. The van der Waals surface area contributed by atoms with Crippen molar-refractivity contribution in [3.63, 3.8) is 0 Å². The van der Waals surface area contributed by atoms with Crippen LogP contribution < -0.4 is 5.73 Å². The Bertz CT molecular complexity index is 1050. The number of unbranched alkanes of at least 4 members (excludes halogenated alkanes) is 16. The Morgan fingerprint density at radius 2 is 1.06 bits per heavy atom. The number of nitrogens with two attached hydrogens (primary N) is 1. The highest BCUT2D eigenvalue weighted by Gasteiger charge is 2.25. The van der Waals surface area contributed by atoms with Crippen molar-refractivity contribution in [3.8, 4) is 0 Å². The van der Waals surface area contributed by atoms with E-state index < -0.39 is 32.5 Å². The summed E-state index contributed by atoms with van der Waals surface area (Å²) in [5, 5.41) is 0. The van der Waals surface area contributed by atoms with Gasteiger partial charge in [-0.1, -0.05) is 145 Å². The number of allylic oxidation sites excluding steroid dienone is 10. The van der Waals surface area contributed by atoms with E-state index in [0.29, 0.717) is 12.8 Å². The maximum atomic E-state index is 12.5. The monoisotopic (exact) mass is 766 g/mol. The van der Waals surface area contributed by atoms with Gasteiger partial charge in [0.25, 0.3) is 0 Å². The predicted octanol–water partition coefficient (Wildman–Crippen LogP) is 11.7. The van der Waals surface area contributed by atoms with Gasteiger partial charge in [0.15, 0.2) is 6.10 Å². The zero-order valence-corrected chi connectivity index (χ0v) is 34.4. The lowest BCUT2D eigenvalue weighted by Crippen LogP contribution is -2.29. The molecule has 0 aromatic carbocycles. The fourth-order valence-electron chi connectivity index (χ4n) is 5.29. The van der Waals surface area contributed by atoms with Crippen molar-refractivity contribution < 1.29 is 37.6 Å². The Kier molecular flexibility index (Phi) is 37.7. The van der Waals surface area contributed by atoms with Crippen LogP contribution in [0.15, 0.2) is 60.8 Å². The molecule has 0 aliphatic carbocycles. The number of hydrogen-bond acceptors (Lipinski definition) is 8. The fraction of sp³-hybridized carbons (Fsp3) is 0.721. The third kappa shape index (κ3) is 39.2. The van der Waals surface area contributed by atoms with Crippen molar-refractivity contribution in [2.45, 2.75) is 174 Å². The molecule has 53 heavy (non-hydrogen) atoms. The molecule has 306 valence electrons. The lowest BCUT2D eigenvalue weighted by Gasteiger charge is -2.19. The van der Waals surface area contributed by atoms with E-state index in [1.54, 1.807) is 0 Å². The number of rotatable bonds is 38. The van der Waals surface area contributed by atoms with Crippen LogP contribution >= 0.6 is 7.82 Å². The Morgan fingerprint density at radius 1 is 0.585 bits per heavy atom. The molecule has 0 heterocycles. The summed E-state index contributed by atoms with van der Waals surface area (Å²) in [6.45, 7) is 3.61. The fourth-order valence-corrected chi connectivity index (χ4v) is 6.05. The average Bonchev–Trinajstić information content (AvgIpc) is 3.14. The van der Waals surface area contributed by atoms with Crippen LogP contribution in [0.25, 0.3) is 0 Å². The minimum atomic E-state index is -4.39. The summed E-state index contributed by atoms with van der Waals surface area (Å²) in [7, 11) is -4.39. The summed E-state index contributed by atoms with van der Waals surface area (Å²) in [5.41, 5.74) is 5.34. The van der Waals surface area contributed by atoms with Crippen molar-refractivity contribution in [1.29, 1.82) is 0 Å². The van der Waals surface area contributed by atoms with Crippen molar-refractivity contribution in [1.82, 2.24) is 0 Å². The lowest BCUT2D eigenvalue weighted by atomic mass is 10.1. The topological polar surface area (TPSA) is 134 Å². The van der Waals surface area contributed by atoms with Crippen LogP contribution in [0, 0.1) is 0 Å². The molecule has 0 spiro atoms. The summed E-state index contributed by atoms with van der Waals surface area (Å²) in [5.74, 6) is -0.912. The first-order valence-electron chi connectivity index (χ1n) is 20.8. The average molecular weight is 766 g/mol. The first-order chi connectivity index (χ1) is 25.8. The van der Waals surface area contributed by atoms with Gasteiger partial charge in [0.1, 0.15) is 6.61 Å². The highest BCUT2D eigenvalue weighted by molar-refractivity contribution is 7.47. The van der Waals surface area contributed by atoms with Gasteiger partial charge in [-0.15, -0.1) is 0 Å². The van der Waals surface area contributed by atoms with Crippen LogP contribution in [0.3, 0.4) is 0 Å². The largest absolute Gasteiger partial charge is 0.472 e. The quantitative estimate of drug-likeness (QED) is 0.0207. The molecular formula is C43H76NO8P. The van der Waals surface area contributed by atoms with Gasteiger partial charge in [-0.05, 0) is 70.6 Å². The van der Waals surface area contributed by atoms with Crippen molar-refractivity contribution >= 4 is 19.8 Å². The van der Waals surface area contributed by atoms with Crippen molar-refractivity contribution in [2.24, 2.45) is 5.73 Å². The molecule has 0 saturated heterocycles. The Hall–Kier alpha value is -2.29. The molecule has 0 saturated carbocycles. The summed E-state index contributed by atoms with van der Waals surface area (Å²) in [6, 6.07) is 0. The Morgan fingerprint density at radius 3 is 1.64 bits per heavy atom. The molecule has 0 aliphatic rings. The molecule has 0 aromatic rings. The summed E-state index contributed by atoms with van der Waals surface area (Å²) in [6.07, 6.45) is 45.4. The standard InChI is InChI=1S/C43H76NO8P/c1-3-5-7-9-11-13-15-17-19-20-22-23-25-27-29-31-33-35-42(45)49-39-41(40-51-53(47,48)50-38-37-44)52-43(46)36-34-32-30-28-26-24-21-18-16-14-12-10-8-6-4-2/h14,16-19,21-23,27,29,41H,3-13,15,20,24-26,28,30-40,44H2,1-2H3,(H,47,48)/b16-14+,19-17+,21-18+,23-22+,29-27+/t41-/m1/s1. The van der Waals surface area contributed by atoms with E-state index in [-0.39, 0.29) is 32.6 Å². The van der Waals surface area contributed by atoms with Crippen LogP contribution in [-0.2, 0) is 32.7 Å². The lowest BCUT2D eigenvalue weighted by molar-refractivity contribution is -0.161. The number of phosphoric ester groups is 1. The van der Waals surface area contributed by atoms with Gasteiger partial charge < -0.3 is 20.1 Å². The number of hydrogen-bond donors (Lipinski definition) is 2. The van der Waals surface area contributed by atoms with E-state index in [4.69, 9.17) is 24.3 Å². The third-order valence-electron chi connectivity index (χ3n) is 8.40. The predicted molar refractivity (Wildman–Crippen MR) is 219 cm³/mol. The molecule has 0 rings (SSSR count). The van der Waals surface area contributed by atoms with E-state index in [9.17, 15) is 19.0 Å². The van der Waals surface area contributed by atoms with E-state index >= 15 is 0 Å². The van der Waals surface area contributed by atoms with Gasteiger partial charge in [-0.2, -0.15) is 0 Å². The van der Waals surface area contributed by atoms with Gasteiger partial charge in [-0.3, -0.25) is 18.6 Å². The van der Waals surface area contributed by atoms with Gasteiger partial charge in [0.2, 0.25) is 0 Å². The smallest absolute Gasteiger partial charge is 0.462 e. The zero-order chi connectivity index (χ0) is 38.9. The van der Waals surface area contributed by atoms with E-state index in [1.165, 1.54) is 64.2 Å². The molecule has 1 unspecified atom stereocenters. The van der Waals surface area contributed by atoms with E-state index in [1.807, 2.05) is 0 Å². The van der Waals surface area contributed by atoms with Crippen LogP contribution in [0.4, 0.5) is 0 Å². The normalized spacial score (nSPS) is 14.0. The number of carbonyl (C=O) groups is 2.